The molecule has 0 bridgehead atoms. The Kier molecular flexibility index (Phi) is 3.93. The van der Waals surface area contributed by atoms with Crippen LogP contribution < -0.4 is 10.2 Å². The Hall–Kier alpha value is -0.750. The van der Waals surface area contributed by atoms with Crippen LogP contribution in [0.4, 0.5) is 6.01 Å². The zero-order valence-corrected chi connectivity index (χ0v) is 11.5. The Labute approximate surface area is 106 Å². The maximum Gasteiger partial charge on any atom is 0.318 e. The summed E-state index contributed by atoms with van der Waals surface area (Å²) in [4.78, 5) is 2.19. The summed E-state index contributed by atoms with van der Waals surface area (Å²) in [6, 6.07) is 0.661. The normalized spacial score (nSPS) is 20.3. The van der Waals surface area contributed by atoms with Gasteiger partial charge in [0.2, 0.25) is 5.89 Å². The average Bonchev–Trinajstić information content (AvgIpc) is 2.64. The number of anilines is 1. The molecule has 0 atom stereocenters. The number of rotatable bonds is 3. The zero-order chi connectivity index (χ0) is 12.3. The Bertz CT molecular complexity index is 366. The van der Waals surface area contributed by atoms with Crippen molar-refractivity contribution in [3.63, 3.8) is 0 Å². The Morgan fingerprint density at radius 2 is 2.24 bits per heavy atom. The number of nitrogens with zero attached hydrogens (tertiary/aromatic N) is 3. The summed E-state index contributed by atoms with van der Waals surface area (Å²) in [6.45, 7) is 7.18. The molecule has 1 aliphatic rings. The van der Waals surface area contributed by atoms with Gasteiger partial charge >= 0.3 is 6.01 Å². The van der Waals surface area contributed by atoms with Gasteiger partial charge < -0.3 is 14.6 Å². The molecule has 96 valence electrons. The molecule has 0 aromatic carbocycles. The molecule has 1 aromatic rings. The van der Waals surface area contributed by atoms with E-state index in [0.29, 0.717) is 23.2 Å². The Morgan fingerprint density at radius 1 is 1.41 bits per heavy atom. The van der Waals surface area contributed by atoms with Crippen molar-refractivity contribution in [3.8, 4) is 0 Å². The van der Waals surface area contributed by atoms with Crippen molar-refractivity contribution in [2.75, 3.05) is 30.8 Å². The highest BCUT2D eigenvalue weighted by Crippen LogP contribution is 2.31. The van der Waals surface area contributed by atoms with E-state index in [1.165, 1.54) is 0 Å². The molecule has 0 aliphatic carbocycles. The second-order valence-electron chi connectivity index (χ2n) is 4.85. The quantitative estimate of drug-likeness (QED) is 0.884. The molecule has 0 amide bonds. The molecule has 1 N–H and O–H groups in total. The molecule has 0 unspecified atom stereocenters. The number of aromatic nitrogens is 2. The van der Waals surface area contributed by atoms with Gasteiger partial charge in [0, 0.05) is 23.6 Å². The maximum atomic E-state index is 5.62. The summed E-state index contributed by atoms with van der Waals surface area (Å²) in [6.07, 6.45) is 1.14. The highest BCUT2D eigenvalue weighted by molar-refractivity contribution is 8.00. The van der Waals surface area contributed by atoms with Crippen molar-refractivity contribution < 1.29 is 4.42 Å². The molecule has 1 fully saturated rings. The zero-order valence-electron chi connectivity index (χ0n) is 10.7. The topological polar surface area (TPSA) is 54.2 Å². The Balaban J connectivity index is 2.01. The lowest BCUT2D eigenvalue weighted by molar-refractivity contribution is 0.469. The first-order valence-electron chi connectivity index (χ1n) is 5.96. The van der Waals surface area contributed by atoms with Crippen LogP contribution in [0.15, 0.2) is 4.42 Å². The highest BCUT2D eigenvalue weighted by Gasteiger charge is 2.25. The van der Waals surface area contributed by atoms with Crippen LogP contribution in [0.1, 0.15) is 26.2 Å². The summed E-state index contributed by atoms with van der Waals surface area (Å²) < 4.78 is 5.97. The van der Waals surface area contributed by atoms with Gasteiger partial charge in [-0.15, -0.1) is 5.10 Å². The predicted molar refractivity (Wildman–Crippen MR) is 70.4 cm³/mol. The van der Waals surface area contributed by atoms with Crippen LogP contribution in [-0.2, 0) is 6.54 Å². The minimum absolute atomic E-state index is 0.350. The van der Waals surface area contributed by atoms with E-state index in [1.807, 2.05) is 18.8 Å². The molecule has 0 spiro atoms. The van der Waals surface area contributed by atoms with Crippen molar-refractivity contribution in [1.82, 2.24) is 15.5 Å². The van der Waals surface area contributed by atoms with E-state index in [2.05, 4.69) is 34.3 Å². The lowest BCUT2D eigenvalue weighted by Gasteiger charge is -2.21. The van der Waals surface area contributed by atoms with Crippen LogP contribution in [0.3, 0.4) is 0 Å². The summed E-state index contributed by atoms with van der Waals surface area (Å²) >= 11 is 2.01. The van der Waals surface area contributed by atoms with Gasteiger partial charge in [0.15, 0.2) is 0 Å². The third kappa shape index (κ3) is 3.35. The van der Waals surface area contributed by atoms with E-state index < -0.39 is 0 Å². The molecule has 2 heterocycles. The SMILES string of the molecule is CNCc1nnc(N2CCSC(C)(C)CC2)o1. The van der Waals surface area contributed by atoms with E-state index in [1.54, 1.807) is 0 Å². The van der Waals surface area contributed by atoms with Crippen molar-refractivity contribution in [1.29, 1.82) is 0 Å². The van der Waals surface area contributed by atoms with Gasteiger partial charge in [-0.25, -0.2) is 0 Å². The van der Waals surface area contributed by atoms with Crippen molar-refractivity contribution in [2.24, 2.45) is 0 Å². The molecule has 1 aromatic heterocycles. The second kappa shape index (κ2) is 5.27. The lowest BCUT2D eigenvalue weighted by Crippen LogP contribution is -2.27. The largest absolute Gasteiger partial charge is 0.407 e. The van der Waals surface area contributed by atoms with Crippen LogP contribution >= 0.6 is 11.8 Å². The number of hydrogen-bond donors (Lipinski definition) is 1. The summed E-state index contributed by atoms with van der Waals surface area (Å²) in [5, 5.41) is 11.1. The highest BCUT2D eigenvalue weighted by atomic mass is 32.2. The fourth-order valence-electron chi connectivity index (χ4n) is 1.81. The van der Waals surface area contributed by atoms with Gasteiger partial charge in [-0.2, -0.15) is 11.8 Å². The molecular weight excluding hydrogens is 236 g/mol. The number of thioether (sulfide) groups is 1. The van der Waals surface area contributed by atoms with Gasteiger partial charge in [0.25, 0.3) is 0 Å². The van der Waals surface area contributed by atoms with Crippen LogP contribution in [0.25, 0.3) is 0 Å². The number of nitrogens with one attached hydrogen (secondary N) is 1. The molecular formula is C11H20N4OS. The van der Waals surface area contributed by atoms with Gasteiger partial charge in [-0.3, -0.25) is 0 Å². The minimum Gasteiger partial charge on any atom is -0.407 e. The molecule has 17 heavy (non-hydrogen) atoms. The third-order valence-corrected chi connectivity index (χ3v) is 4.26. The summed E-state index contributed by atoms with van der Waals surface area (Å²) in [5.74, 6) is 1.76. The van der Waals surface area contributed by atoms with Gasteiger partial charge in [0.1, 0.15) is 0 Å². The van der Waals surface area contributed by atoms with E-state index in [-0.39, 0.29) is 0 Å². The van der Waals surface area contributed by atoms with Crippen LogP contribution in [0.2, 0.25) is 0 Å². The standard InChI is InChI=1S/C11H20N4OS/c1-11(2)4-5-15(6-7-17-11)10-14-13-9(16-10)8-12-3/h12H,4-8H2,1-3H3. The third-order valence-electron chi connectivity index (χ3n) is 2.89. The van der Waals surface area contributed by atoms with Gasteiger partial charge in [0.05, 0.1) is 6.54 Å². The number of hydrogen-bond acceptors (Lipinski definition) is 6. The Morgan fingerprint density at radius 3 is 3.00 bits per heavy atom. The van der Waals surface area contributed by atoms with E-state index >= 15 is 0 Å². The van der Waals surface area contributed by atoms with Crippen molar-refractivity contribution in [2.45, 2.75) is 31.6 Å². The van der Waals surface area contributed by atoms with Crippen LogP contribution in [-0.4, -0.2) is 40.8 Å². The molecule has 6 heteroatoms. The molecule has 2 rings (SSSR count). The molecule has 1 aliphatic heterocycles. The molecule has 0 radical (unpaired) electrons. The summed E-state index contributed by atoms with van der Waals surface area (Å²) in [5.41, 5.74) is 0. The fourth-order valence-corrected chi connectivity index (χ4v) is 2.91. The molecule has 5 nitrogen and oxygen atoms in total. The van der Waals surface area contributed by atoms with Crippen LogP contribution in [0.5, 0.6) is 0 Å². The van der Waals surface area contributed by atoms with Crippen molar-refractivity contribution in [3.05, 3.63) is 5.89 Å². The first kappa shape index (κ1) is 12.7. The lowest BCUT2D eigenvalue weighted by atomic mass is 10.1. The first-order chi connectivity index (χ1) is 8.11. The summed E-state index contributed by atoms with van der Waals surface area (Å²) in [7, 11) is 1.87. The first-order valence-corrected chi connectivity index (χ1v) is 6.95. The fraction of sp³-hybridized carbons (Fsp3) is 0.818. The van der Waals surface area contributed by atoms with Gasteiger partial charge in [-0.05, 0) is 13.5 Å². The smallest absolute Gasteiger partial charge is 0.318 e. The van der Waals surface area contributed by atoms with E-state index in [0.717, 1.165) is 25.3 Å². The van der Waals surface area contributed by atoms with Crippen molar-refractivity contribution >= 4 is 17.8 Å². The van der Waals surface area contributed by atoms with E-state index in [4.69, 9.17) is 4.42 Å². The monoisotopic (exact) mass is 256 g/mol. The maximum absolute atomic E-state index is 5.62. The predicted octanol–water partition coefficient (Wildman–Crippen LogP) is 1.51. The second-order valence-corrected chi connectivity index (χ2v) is 6.66. The molecule has 0 saturated carbocycles. The molecule has 1 saturated heterocycles. The minimum atomic E-state index is 0.350. The average molecular weight is 256 g/mol. The van der Waals surface area contributed by atoms with E-state index in [9.17, 15) is 0 Å². The van der Waals surface area contributed by atoms with Crippen LogP contribution in [0, 0.1) is 0 Å². The van der Waals surface area contributed by atoms with Gasteiger partial charge in [-0.1, -0.05) is 18.9 Å².